The number of H-pyrrole nitrogens is 1. The smallest absolute Gasteiger partial charge is 0.221 e. The van der Waals surface area contributed by atoms with Gasteiger partial charge in [-0.1, -0.05) is 20.3 Å². The Bertz CT molecular complexity index is 446. The van der Waals surface area contributed by atoms with E-state index >= 15 is 0 Å². The van der Waals surface area contributed by atoms with Crippen molar-refractivity contribution in [3.05, 3.63) is 18.2 Å². The van der Waals surface area contributed by atoms with Gasteiger partial charge in [0, 0.05) is 19.5 Å². The lowest BCUT2D eigenvalue weighted by molar-refractivity contribution is -0.136. The summed E-state index contributed by atoms with van der Waals surface area (Å²) in [5.74, 6) is 0.0844. The van der Waals surface area contributed by atoms with Gasteiger partial charge in [-0.3, -0.25) is 4.79 Å². The number of carbonyl (C=O) groups is 1. The zero-order valence-electron chi connectivity index (χ0n) is 12.8. The van der Waals surface area contributed by atoms with Gasteiger partial charge in [0.25, 0.3) is 0 Å². The van der Waals surface area contributed by atoms with E-state index in [4.69, 9.17) is 4.74 Å². The molecular formula is C15H25N3O2. The van der Waals surface area contributed by atoms with E-state index in [2.05, 4.69) is 30.7 Å². The normalized spacial score (nSPS) is 29.9. The minimum Gasteiger partial charge on any atom is -0.351 e. The Balaban J connectivity index is 2.28. The number of imidazole rings is 1. The first kappa shape index (κ1) is 15.0. The molecule has 5 heteroatoms. The van der Waals surface area contributed by atoms with Crippen LogP contribution in [0.1, 0.15) is 52.7 Å². The van der Waals surface area contributed by atoms with Gasteiger partial charge < -0.3 is 14.6 Å². The molecule has 0 aromatic carbocycles. The maximum Gasteiger partial charge on any atom is 0.221 e. The van der Waals surface area contributed by atoms with Gasteiger partial charge in [-0.15, -0.1) is 0 Å². The number of rotatable bonds is 5. The van der Waals surface area contributed by atoms with Crippen LogP contribution in [0.15, 0.2) is 12.5 Å². The van der Waals surface area contributed by atoms with Crippen LogP contribution in [-0.2, 0) is 16.0 Å². The number of hydrogen-bond donors (Lipinski definition) is 1. The van der Waals surface area contributed by atoms with Crippen LogP contribution in [-0.4, -0.2) is 38.6 Å². The summed E-state index contributed by atoms with van der Waals surface area (Å²) in [7, 11) is 0. The third-order valence-electron chi connectivity index (χ3n) is 4.31. The molecule has 20 heavy (non-hydrogen) atoms. The lowest BCUT2D eigenvalue weighted by Crippen LogP contribution is -2.47. The molecule has 1 aromatic rings. The van der Waals surface area contributed by atoms with Crippen molar-refractivity contribution >= 4 is 5.91 Å². The molecule has 1 saturated heterocycles. The number of aromatic nitrogens is 2. The number of nitrogens with zero attached hydrogens (tertiary/aromatic N) is 2. The summed E-state index contributed by atoms with van der Waals surface area (Å²) in [5.41, 5.74) is 0.673. The Morgan fingerprint density at radius 3 is 2.80 bits per heavy atom. The first-order valence-corrected chi connectivity index (χ1v) is 7.46. The summed E-state index contributed by atoms with van der Waals surface area (Å²) >= 11 is 0. The van der Waals surface area contributed by atoms with E-state index in [9.17, 15) is 4.79 Å². The first-order valence-electron chi connectivity index (χ1n) is 7.46. The molecule has 2 heterocycles. The van der Waals surface area contributed by atoms with Crippen molar-refractivity contribution in [3.63, 3.8) is 0 Å². The van der Waals surface area contributed by atoms with Crippen LogP contribution in [0.5, 0.6) is 0 Å². The Labute approximate surface area is 120 Å². The Morgan fingerprint density at radius 2 is 2.30 bits per heavy atom. The highest BCUT2D eigenvalue weighted by atomic mass is 16.5. The standard InChI is InChI=1S/C15H25N3O2/c1-5-7-14-18(11(3)19)13(15(4,6-2)20-14)8-12-9-16-10-17-12/h9-10,13-14H,5-8H2,1-4H3,(H,16,17)/t13-,14-,15?/m0/s1. The van der Waals surface area contributed by atoms with Crippen molar-refractivity contribution in [1.29, 1.82) is 0 Å². The fourth-order valence-electron chi connectivity index (χ4n) is 3.04. The van der Waals surface area contributed by atoms with Crippen LogP contribution in [0, 0.1) is 0 Å². The predicted octanol–water partition coefficient (Wildman–Crippen LogP) is 2.49. The highest BCUT2D eigenvalue weighted by Gasteiger charge is 2.50. The average molecular weight is 279 g/mol. The third kappa shape index (κ3) is 2.73. The summed E-state index contributed by atoms with van der Waals surface area (Å²) in [5, 5.41) is 0. The minimum atomic E-state index is -0.301. The van der Waals surface area contributed by atoms with Gasteiger partial charge >= 0.3 is 0 Å². The molecule has 0 spiro atoms. The second-order valence-corrected chi connectivity index (χ2v) is 5.73. The summed E-state index contributed by atoms with van der Waals surface area (Å²) in [6.07, 6.45) is 6.96. The van der Waals surface area contributed by atoms with Crippen molar-refractivity contribution in [2.24, 2.45) is 0 Å². The van der Waals surface area contributed by atoms with Crippen molar-refractivity contribution < 1.29 is 9.53 Å². The van der Waals surface area contributed by atoms with Crippen LogP contribution in [0.3, 0.4) is 0 Å². The highest BCUT2D eigenvalue weighted by Crippen LogP contribution is 2.38. The zero-order valence-corrected chi connectivity index (χ0v) is 12.8. The Hall–Kier alpha value is -1.36. The zero-order chi connectivity index (χ0) is 14.8. The number of hydrogen-bond acceptors (Lipinski definition) is 3. The topological polar surface area (TPSA) is 58.2 Å². The van der Waals surface area contributed by atoms with E-state index in [0.717, 1.165) is 31.4 Å². The first-order chi connectivity index (χ1) is 9.51. The van der Waals surface area contributed by atoms with Crippen LogP contribution in [0.25, 0.3) is 0 Å². The molecule has 1 fully saturated rings. The fourth-order valence-corrected chi connectivity index (χ4v) is 3.04. The molecule has 0 aliphatic carbocycles. The number of carbonyl (C=O) groups excluding carboxylic acids is 1. The molecule has 5 nitrogen and oxygen atoms in total. The van der Waals surface area contributed by atoms with E-state index in [1.807, 2.05) is 11.1 Å². The summed E-state index contributed by atoms with van der Waals surface area (Å²) in [6.45, 7) is 7.97. The lowest BCUT2D eigenvalue weighted by Gasteiger charge is -2.31. The van der Waals surface area contributed by atoms with E-state index in [0.29, 0.717) is 0 Å². The third-order valence-corrected chi connectivity index (χ3v) is 4.31. The summed E-state index contributed by atoms with van der Waals surface area (Å²) in [6, 6.07) is 0.0462. The van der Waals surface area contributed by atoms with Crippen molar-refractivity contribution in [3.8, 4) is 0 Å². The van der Waals surface area contributed by atoms with Gasteiger partial charge in [-0.05, 0) is 19.8 Å². The molecule has 0 radical (unpaired) electrons. The van der Waals surface area contributed by atoms with E-state index < -0.39 is 0 Å². The van der Waals surface area contributed by atoms with Crippen molar-refractivity contribution in [2.75, 3.05) is 0 Å². The van der Waals surface area contributed by atoms with Crippen molar-refractivity contribution in [1.82, 2.24) is 14.9 Å². The quantitative estimate of drug-likeness (QED) is 0.901. The molecule has 3 atom stereocenters. The molecule has 0 bridgehead atoms. The fraction of sp³-hybridized carbons (Fsp3) is 0.733. The molecule has 112 valence electrons. The number of aromatic amines is 1. The molecule has 1 aromatic heterocycles. The Morgan fingerprint density at radius 1 is 1.55 bits per heavy atom. The van der Waals surface area contributed by atoms with Gasteiger partial charge in [-0.2, -0.15) is 0 Å². The summed E-state index contributed by atoms with van der Waals surface area (Å²) in [4.78, 5) is 21.3. The SMILES string of the molecule is CCC[C@@H]1OC(C)(CC)[C@H](Cc2c[nH]cn2)N1C(C)=O. The second-order valence-electron chi connectivity index (χ2n) is 5.73. The molecule has 2 rings (SSSR count). The monoisotopic (exact) mass is 279 g/mol. The molecule has 1 unspecified atom stereocenters. The molecule has 1 aliphatic rings. The molecule has 1 N–H and O–H groups in total. The maximum atomic E-state index is 12.1. The Kier molecular flexibility index (Phi) is 4.48. The van der Waals surface area contributed by atoms with Gasteiger partial charge in [0.05, 0.1) is 23.7 Å². The maximum absolute atomic E-state index is 12.1. The predicted molar refractivity (Wildman–Crippen MR) is 77.1 cm³/mol. The highest BCUT2D eigenvalue weighted by molar-refractivity contribution is 5.74. The van der Waals surface area contributed by atoms with Crippen LogP contribution in [0.2, 0.25) is 0 Å². The number of nitrogens with one attached hydrogen (secondary N) is 1. The van der Waals surface area contributed by atoms with E-state index in [1.54, 1.807) is 13.3 Å². The van der Waals surface area contributed by atoms with Crippen LogP contribution < -0.4 is 0 Å². The molecule has 0 saturated carbocycles. The average Bonchev–Trinajstić information content (AvgIpc) is 2.98. The van der Waals surface area contributed by atoms with Gasteiger partial charge in [0.1, 0.15) is 6.23 Å². The van der Waals surface area contributed by atoms with E-state index in [1.165, 1.54) is 0 Å². The largest absolute Gasteiger partial charge is 0.351 e. The van der Waals surface area contributed by atoms with Crippen LogP contribution >= 0.6 is 0 Å². The lowest BCUT2D eigenvalue weighted by atomic mass is 9.90. The molecule has 1 amide bonds. The minimum absolute atomic E-state index is 0.0462. The van der Waals surface area contributed by atoms with Gasteiger partial charge in [0.2, 0.25) is 5.91 Å². The van der Waals surface area contributed by atoms with E-state index in [-0.39, 0.29) is 23.8 Å². The molecular weight excluding hydrogens is 254 g/mol. The van der Waals surface area contributed by atoms with Crippen molar-refractivity contribution in [2.45, 2.75) is 71.2 Å². The molecule has 1 aliphatic heterocycles. The van der Waals surface area contributed by atoms with Gasteiger partial charge in [-0.25, -0.2) is 4.98 Å². The second kappa shape index (κ2) is 5.95. The summed E-state index contributed by atoms with van der Waals surface area (Å²) < 4.78 is 6.24. The number of ether oxygens (including phenoxy) is 1. The van der Waals surface area contributed by atoms with Crippen LogP contribution in [0.4, 0.5) is 0 Å². The number of amides is 1. The van der Waals surface area contributed by atoms with Gasteiger partial charge in [0.15, 0.2) is 0 Å².